The van der Waals surface area contributed by atoms with Crippen molar-refractivity contribution < 1.29 is 9.53 Å². The zero-order chi connectivity index (χ0) is 13.0. The van der Waals surface area contributed by atoms with Crippen molar-refractivity contribution in [2.75, 3.05) is 6.61 Å². The fraction of sp³-hybridized carbons (Fsp3) is 0.0769. The fourth-order valence-electron chi connectivity index (χ4n) is 1.42. The number of carbonyl (C=O) groups excluding carboxylic acids is 1. The van der Waals surface area contributed by atoms with E-state index in [1.165, 1.54) is 11.8 Å². The third kappa shape index (κ3) is 3.21. The number of rotatable bonds is 4. The van der Waals surface area contributed by atoms with Crippen molar-refractivity contribution in [1.82, 2.24) is 5.32 Å². The van der Waals surface area contributed by atoms with Crippen molar-refractivity contribution >= 4 is 40.3 Å². The van der Waals surface area contributed by atoms with Crippen molar-refractivity contribution in [1.29, 1.82) is 0 Å². The van der Waals surface area contributed by atoms with Crippen LogP contribution in [0.4, 0.5) is 0 Å². The number of carbonyl (C=O) groups is 1. The molecule has 18 heavy (non-hydrogen) atoms. The van der Waals surface area contributed by atoms with E-state index in [-0.39, 0.29) is 5.91 Å². The normalized spacial score (nSPS) is 16.8. The zero-order valence-corrected chi connectivity index (χ0v) is 11.1. The van der Waals surface area contributed by atoms with Crippen molar-refractivity contribution in [2.45, 2.75) is 0 Å². The molecular formula is C13H11NO2S2. The third-order valence-electron chi connectivity index (χ3n) is 2.17. The highest BCUT2D eigenvalue weighted by atomic mass is 32.2. The number of amides is 1. The minimum atomic E-state index is -0.151. The Morgan fingerprint density at radius 2 is 2.33 bits per heavy atom. The summed E-state index contributed by atoms with van der Waals surface area (Å²) in [5.74, 6) is 0.595. The Hall–Kier alpha value is -1.59. The van der Waals surface area contributed by atoms with Gasteiger partial charge in [0.05, 0.1) is 4.91 Å². The molecule has 1 saturated heterocycles. The number of hydrogen-bond acceptors (Lipinski definition) is 4. The van der Waals surface area contributed by atoms with Gasteiger partial charge in [-0.25, -0.2) is 0 Å². The Balaban J connectivity index is 2.18. The second kappa shape index (κ2) is 5.84. The zero-order valence-electron chi connectivity index (χ0n) is 9.51. The van der Waals surface area contributed by atoms with Crippen molar-refractivity contribution in [3.63, 3.8) is 0 Å². The van der Waals surface area contributed by atoms with Gasteiger partial charge in [-0.1, -0.05) is 48.8 Å². The summed E-state index contributed by atoms with van der Waals surface area (Å²) in [7, 11) is 0. The molecule has 1 aromatic carbocycles. The summed E-state index contributed by atoms with van der Waals surface area (Å²) in [5, 5.41) is 2.58. The molecule has 1 heterocycles. The molecule has 1 fully saturated rings. The van der Waals surface area contributed by atoms with Gasteiger partial charge in [0.25, 0.3) is 5.91 Å². The first-order valence-corrected chi connectivity index (χ1v) is 6.50. The number of nitrogens with one attached hydrogen (secondary N) is 1. The van der Waals surface area contributed by atoms with Crippen LogP contribution in [0.5, 0.6) is 5.75 Å². The fourth-order valence-corrected chi connectivity index (χ4v) is 2.47. The summed E-state index contributed by atoms with van der Waals surface area (Å²) in [5.41, 5.74) is 0.902. The average Bonchev–Trinajstić information content (AvgIpc) is 2.66. The molecule has 0 bridgehead atoms. The topological polar surface area (TPSA) is 38.3 Å². The third-order valence-corrected chi connectivity index (χ3v) is 3.33. The minimum Gasteiger partial charge on any atom is -0.490 e. The van der Waals surface area contributed by atoms with E-state index >= 15 is 0 Å². The molecule has 5 heteroatoms. The Kier molecular flexibility index (Phi) is 4.17. The summed E-state index contributed by atoms with van der Waals surface area (Å²) < 4.78 is 5.92. The van der Waals surface area contributed by atoms with Crippen LogP contribution in [0.25, 0.3) is 6.08 Å². The van der Waals surface area contributed by atoms with Gasteiger partial charge in [0, 0.05) is 0 Å². The molecule has 1 amide bonds. The first kappa shape index (κ1) is 12.9. The molecule has 0 saturated carbocycles. The molecule has 3 nitrogen and oxygen atoms in total. The molecule has 0 atom stereocenters. The van der Waals surface area contributed by atoms with Gasteiger partial charge < -0.3 is 10.1 Å². The van der Waals surface area contributed by atoms with Gasteiger partial charge in [-0.05, 0) is 23.8 Å². The van der Waals surface area contributed by atoms with E-state index in [1.54, 1.807) is 12.2 Å². The molecule has 1 aromatic rings. The van der Waals surface area contributed by atoms with Crippen molar-refractivity contribution in [3.05, 3.63) is 47.4 Å². The van der Waals surface area contributed by atoms with Crippen LogP contribution in [0.2, 0.25) is 0 Å². The maximum Gasteiger partial charge on any atom is 0.263 e. The van der Waals surface area contributed by atoms with Crippen LogP contribution in [0.1, 0.15) is 5.56 Å². The molecule has 2 rings (SSSR count). The quantitative estimate of drug-likeness (QED) is 0.522. The van der Waals surface area contributed by atoms with Gasteiger partial charge in [-0.3, -0.25) is 4.79 Å². The van der Waals surface area contributed by atoms with Gasteiger partial charge >= 0.3 is 0 Å². The molecule has 0 unspecified atom stereocenters. The number of thioether (sulfide) groups is 1. The maximum atomic E-state index is 11.5. The van der Waals surface area contributed by atoms with Gasteiger partial charge in [0.2, 0.25) is 0 Å². The molecule has 92 valence electrons. The highest BCUT2D eigenvalue weighted by molar-refractivity contribution is 8.26. The van der Waals surface area contributed by atoms with Gasteiger partial charge in [0.1, 0.15) is 16.7 Å². The van der Waals surface area contributed by atoms with E-state index in [1.807, 2.05) is 24.3 Å². The standard InChI is InChI=1S/C13H11NO2S2/c1-2-6-16-10-5-3-4-9(7-10)8-11-12(15)14-13(17)18-11/h2-5,7-8H,1,6H2,(H,14,15,17)/b11-8-. The lowest BCUT2D eigenvalue weighted by molar-refractivity contribution is -0.115. The first-order valence-electron chi connectivity index (χ1n) is 5.27. The minimum absolute atomic E-state index is 0.151. The summed E-state index contributed by atoms with van der Waals surface area (Å²) in [6.45, 7) is 4.05. The van der Waals surface area contributed by atoms with Crippen molar-refractivity contribution in [2.24, 2.45) is 0 Å². The predicted molar refractivity (Wildman–Crippen MR) is 78.4 cm³/mol. The highest BCUT2D eigenvalue weighted by Gasteiger charge is 2.21. The monoisotopic (exact) mass is 277 g/mol. The van der Waals surface area contributed by atoms with Crippen molar-refractivity contribution in [3.8, 4) is 5.75 Å². The Bertz CT molecular complexity index is 538. The lowest BCUT2D eigenvalue weighted by Crippen LogP contribution is -2.17. The number of ether oxygens (including phenoxy) is 1. The smallest absolute Gasteiger partial charge is 0.263 e. The van der Waals surface area contributed by atoms with Crippen LogP contribution in [-0.4, -0.2) is 16.8 Å². The number of thiocarbonyl (C=S) groups is 1. The molecule has 1 aliphatic rings. The second-order valence-electron chi connectivity index (χ2n) is 3.52. The van der Waals surface area contributed by atoms with Gasteiger partial charge in [-0.2, -0.15) is 0 Å². The molecule has 0 aromatic heterocycles. The van der Waals surface area contributed by atoms with Crippen LogP contribution in [0.15, 0.2) is 41.8 Å². The van der Waals surface area contributed by atoms with Gasteiger partial charge in [-0.15, -0.1) is 0 Å². The van der Waals surface area contributed by atoms with Gasteiger partial charge in [0.15, 0.2) is 0 Å². The molecule has 0 radical (unpaired) electrons. The van der Waals surface area contributed by atoms with E-state index in [4.69, 9.17) is 17.0 Å². The molecule has 0 spiro atoms. The highest BCUT2D eigenvalue weighted by Crippen LogP contribution is 2.26. The van der Waals surface area contributed by atoms with Crippen LogP contribution in [0, 0.1) is 0 Å². The molecule has 0 aliphatic carbocycles. The van der Waals surface area contributed by atoms with Crippen LogP contribution < -0.4 is 10.1 Å². The van der Waals surface area contributed by atoms with E-state index in [0.717, 1.165) is 11.3 Å². The summed E-state index contributed by atoms with van der Waals surface area (Å²) in [6, 6.07) is 7.51. The van der Waals surface area contributed by atoms with Crippen LogP contribution in [-0.2, 0) is 4.79 Å². The molecule has 1 aliphatic heterocycles. The SMILES string of the molecule is C=CCOc1cccc(/C=C2\SC(=S)NC2=O)c1. The van der Waals surface area contributed by atoms with E-state index in [0.29, 0.717) is 15.8 Å². The number of hydrogen-bond donors (Lipinski definition) is 1. The second-order valence-corrected chi connectivity index (χ2v) is 5.24. The van der Waals surface area contributed by atoms with Crippen LogP contribution >= 0.6 is 24.0 Å². The Morgan fingerprint density at radius 1 is 1.50 bits per heavy atom. The predicted octanol–water partition coefficient (Wildman–Crippen LogP) is 2.74. The Labute approximate surface area is 115 Å². The number of benzene rings is 1. The molecule has 1 N–H and O–H groups in total. The summed E-state index contributed by atoms with van der Waals surface area (Å²) in [4.78, 5) is 12.1. The first-order chi connectivity index (χ1) is 8.69. The average molecular weight is 277 g/mol. The summed E-state index contributed by atoms with van der Waals surface area (Å²) in [6.07, 6.45) is 3.48. The lowest BCUT2D eigenvalue weighted by atomic mass is 10.2. The van der Waals surface area contributed by atoms with E-state index in [2.05, 4.69) is 11.9 Å². The Morgan fingerprint density at radius 3 is 3.00 bits per heavy atom. The molecular weight excluding hydrogens is 266 g/mol. The van der Waals surface area contributed by atoms with Crippen LogP contribution in [0.3, 0.4) is 0 Å². The largest absolute Gasteiger partial charge is 0.490 e. The lowest BCUT2D eigenvalue weighted by Gasteiger charge is -2.03. The maximum absolute atomic E-state index is 11.5. The van der Waals surface area contributed by atoms with E-state index in [9.17, 15) is 4.79 Å². The summed E-state index contributed by atoms with van der Waals surface area (Å²) >= 11 is 6.19. The van der Waals surface area contributed by atoms with E-state index < -0.39 is 0 Å².